The monoisotopic (exact) mass is 345 g/mol. The second-order valence-corrected chi connectivity index (χ2v) is 6.96. The third-order valence-corrected chi connectivity index (χ3v) is 5.58. The summed E-state index contributed by atoms with van der Waals surface area (Å²) in [6.45, 7) is 0.870. The van der Waals surface area contributed by atoms with Crippen molar-refractivity contribution < 1.29 is 4.79 Å². The van der Waals surface area contributed by atoms with Gasteiger partial charge in [0.15, 0.2) is 17.8 Å². The summed E-state index contributed by atoms with van der Waals surface area (Å²) in [5.41, 5.74) is 6.28. The largest absolute Gasteiger partial charge is 0.317 e. The van der Waals surface area contributed by atoms with Crippen LogP contribution in [0.1, 0.15) is 29.8 Å². The minimum Gasteiger partial charge on any atom is -0.317 e. The Hall–Kier alpha value is -0.730. The van der Waals surface area contributed by atoms with Gasteiger partial charge in [0.2, 0.25) is 0 Å². The normalized spacial score (nSPS) is 27.1. The lowest BCUT2D eigenvalue weighted by Crippen LogP contribution is -2.54. The van der Waals surface area contributed by atoms with Gasteiger partial charge in [-0.15, -0.1) is 0 Å². The first kappa shape index (κ1) is 13.3. The second-order valence-electron chi connectivity index (χ2n) is 4.79. The summed E-state index contributed by atoms with van der Waals surface area (Å²) in [5, 5.41) is 3.23. The molecule has 3 heterocycles. The van der Waals surface area contributed by atoms with Crippen molar-refractivity contribution in [2.45, 2.75) is 37.3 Å². The van der Waals surface area contributed by atoms with E-state index >= 15 is 0 Å². The van der Waals surface area contributed by atoms with E-state index in [-0.39, 0.29) is 5.91 Å². The number of hydrogen-bond donors (Lipinski definition) is 2. The molecular weight excluding hydrogens is 330 g/mol. The maximum Gasteiger partial charge on any atom is 0.276 e. The van der Waals surface area contributed by atoms with E-state index in [0.717, 1.165) is 12.4 Å². The van der Waals surface area contributed by atoms with Crippen LogP contribution < -0.4 is 15.0 Å². The fourth-order valence-electron chi connectivity index (χ4n) is 2.46. The molecular formula is C11H16BrN5OS. The zero-order valence-corrected chi connectivity index (χ0v) is 12.8. The predicted molar refractivity (Wildman–Crippen MR) is 79.2 cm³/mol. The Balaban J connectivity index is 1.85. The van der Waals surface area contributed by atoms with Crippen LogP contribution in [0.4, 0.5) is 5.82 Å². The molecule has 0 aliphatic carbocycles. The maximum absolute atomic E-state index is 11.8. The van der Waals surface area contributed by atoms with E-state index in [0.29, 0.717) is 10.9 Å². The average molecular weight is 346 g/mol. The number of aromatic nitrogens is 2. The molecule has 0 saturated carbocycles. The number of anilines is 1. The fraction of sp³-hybridized carbons (Fsp3) is 0.636. The summed E-state index contributed by atoms with van der Waals surface area (Å²) in [7, 11) is 0. The molecule has 6 nitrogen and oxygen atoms in total. The van der Waals surface area contributed by atoms with Crippen LogP contribution in [0.15, 0.2) is 6.33 Å². The molecule has 3 rings (SSSR count). The molecule has 3 N–H and O–H groups in total. The zero-order chi connectivity index (χ0) is 13.4. The van der Waals surface area contributed by atoms with Gasteiger partial charge in [0.1, 0.15) is 0 Å². The second kappa shape index (κ2) is 5.34. The summed E-state index contributed by atoms with van der Waals surface area (Å²) in [6.07, 6.45) is 4.98. The average Bonchev–Trinajstić information content (AvgIpc) is 2.82. The molecule has 1 saturated heterocycles. The summed E-state index contributed by atoms with van der Waals surface area (Å²) in [5.74, 6) is 1.76. The van der Waals surface area contributed by atoms with E-state index in [1.807, 2.05) is 16.3 Å². The number of rotatable bonds is 2. The molecule has 8 heteroatoms. The number of carbonyl (C=O) groups is 1. The molecule has 0 spiro atoms. The Morgan fingerprint density at radius 1 is 1.58 bits per heavy atom. The number of nitrogens with two attached hydrogens (primary N) is 1. The SMILES string of the molecule is NC1NC(=O)c2ncn(CC3CCCCS3)c2N1Br. The summed E-state index contributed by atoms with van der Waals surface area (Å²) >= 11 is 5.40. The summed E-state index contributed by atoms with van der Waals surface area (Å²) < 4.78 is 3.70. The van der Waals surface area contributed by atoms with E-state index in [4.69, 9.17) is 5.73 Å². The molecule has 2 atom stereocenters. The molecule has 2 unspecified atom stereocenters. The van der Waals surface area contributed by atoms with Gasteiger partial charge < -0.3 is 9.88 Å². The van der Waals surface area contributed by atoms with Crippen molar-refractivity contribution in [1.29, 1.82) is 0 Å². The molecule has 1 fully saturated rings. The van der Waals surface area contributed by atoms with Crippen molar-refractivity contribution in [3.05, 3.63) is 12.0 Å². The number of halogens is 1. The molecule has 104 valence electrons. The van der Waals surface area contributed by atoms with Gasteiger partial charge >= 0.3 is 0 Å². The zero-order valence-electron chi connectivity index (χ0n) is 10.4. The van der Waals surface area contributed by atoms with Gasteiger partial charge in [-0.25, -0.2) is 4.98 Å². The van der Waals surface area contributed by atoms with Crippen LogP contribution in [0.5, 0.6) is 0 Å². The fourth-order valence-corrected chi connectivity index (χ4v) is 4.23. The van der Waals surface area contributed by atoms with Crippen LogP contribution >= 0.6 is 27.9 Å². The molecule has 2 aliphatic rings. The number of nitrogens with zero attached hydrogens (tertiary/aromatic N) is 3. The van der Waals surface area contributed by atoms with Crippen LogP contribution in [0, 0.1) is 0 Å². The van der Waals surface area contributed by atoms with Gasteiger partial charge in [0.25, 0.3) is 5.91 Å². The van der Waals surface area contributed by atoms with Crippen LogP contribution in [-0.2, 0) is 6.54 Å². The Bertz CT molecular complexity index is 487. The van der Waals surface area contributed by atoms with Crippen molar-refractivity contribution in [2.75, 3.05) is 9.68 Å². The summed E-state index contributed by atoms with van der Waals surface area (Å²) in [4.78, 5) is 16.0. The van der Waals surface area contributed by atoms with Crippen molar-refractivity contribution >= 4 is 39.6 Å². The highest BCUT2D eigenvalue weighted by atomic mass is 79.9. The Kier molecular flexibility index (Phi) is 3.72. The third-order valence-electron chi connectivity index (χ3n) is 3.43. The number of carbonyl (C=O) groups excluding carboxylic acids is 1. The third kappa shape index (κ3) is 2.48. The molecule has 1 aromatic heterocycles. The minimum atomic E-state index is -0.561. The van der Waals surface area contributed by atoms with Crippen LogP contribution in [-0.4, -0.2) is 32.8 Å². The quantitative estimate of drug-likeness (QED) is 0.789. The van der Waals surface area contributed by atoms with Crippen molar-refractivity contribution in [1.82, 2.24) is 14.9 Å². The van der Waals surface area contributed by atoms with Gasteiger partial charge in [-0.1, -0.05) is 6.42 Å². The van der Waals surface area contributed by atoms with Gasteiger partial charge in [0, 0.05) is 11.8 Å². The van der Waals surface area contributed by atoms with Crippen LogP contribution in [0.25, 0.3) is 0 Å². The molecule has 1 aromatic rings. The number of amides is 1. The van der Waals surface area contributed by atoms with E-state index in [1.54, 1.807) is 10.3 Å². The van der Waals surface area contributed by atoms with E-state index in [2.05, 4.69) is 26.4 Å². The molecule has 0 aromatic carbocycles. The molecule has 0 radical (unpaired) electrons. The standard InChI is InChI=1S/C11H16BrN5OS/c12-17-10-8(9(18)15-11(17)13)14-6-16(10)5-7-3-1-2-4-19-7/h6-7,11H,1-5,13H2,(H,15,18). The number of nitrogens with one attached hydrogen (secondary N) is 1. The highest BCUT2D eigenvalue weighted by molar-refractivity contribution is 9.10. The molecule has 1 amide bonds. The van der Waals surface area contributed by atoms with Crippen molar-refractivity contribution in [3.8, 4) is 0 Å². The van der Waals surface area contributed by atoms with Crippen molar-refractivity contribution in [2.24, 2.45) is 5.73 Å². The Labute approximate surface area is 124 Å². The highest BCUT2D eigenvalue weighted by Gasteiger charge is 2.32. The molecule has 0 bridgehead atoms. The molecule has 2 aliphatic heterocycles. The molecule has 19 heavy (non-hydrogen) atoms. The van der Waals surface area contributed by atoms with E-state index in [1.165, 1.54) is 25.0 Å². The van der Waals surface area contributed by atoms with E-state index in [9.17, 15) is 4.79 Å². The van der Waals surface area contributed by atoms with Crippen LogP contribution in [0.2, 0.25) is 0 Å². The topological polar surface area (TPSA) is 76.2 Å². The summed E-state index contributed by atoms with van der Waals surface area (Å²) in [6, 6.07) is 0. The van der Waals surface area contributed by atoms with Gasteiger partial charge in [-0.2, -0.15) is 11.8 Å². The van der Waals surface area contributed by atoms with E-state index < -0.39 is 6.29 Å². The van der Waals surface area contributed by atoms with Gasteiger partial charge in [-0.3, -0.25) is 14.5 Å². The number of hydrogen-bond acceptors (Lipinski definition) is 5. The maximum atomic E-state index is 11.8. The first-order valence-corrected chi connectivity index (χ1v) is 8.11. The lowest BCUT2D eigenvalue weighted by molar-refractivity contribution is 0.0928. The Morgan fingerprint density at radius 2 is 2.42 bits per heavy atom. The number of thioether (sulfide) groups is 1. The van der Waals surface area contributed by atoms with Gasteiger partial charge in [-0.05, 0) is 18.6 Å². The Morgan fingerprint density at radius 3 is 3.16 bits per heavy atom. The lowest BCUT2D eigenvalue weighted by atomic mass is 10.2. The van der Waals surface area contributed by atoms with Crippen molar-refractivity contribution in [3.63, 3.8) is 0 Å². The first-order chi connectivity index (χ1) is 9.16. The smallest absolute Gasteiger partial charge is 0.276 e. The van der Waals surface area contributed by atoms with Gasteiger partial charge in [0.05, 0.1) is 22.5 Å². The lowest BCUT2D eigenvalue weighted by Gasteiger charge is -2.31. The van der Waals surface area contributed by atoms with Crippen LogP contribution in [0.3, 0.4) is 0 Å². The first-order valence-electron chi connectivity index (χ1n) is 6.35. The number of fused-ring (bicyclic) bond motifs is 1. The number of imidazole rings is 1. The predicted octanol–water partition coefficient (Wildman–Crippen LogP) is 1.27. The highest BCUT2D eigenvalue weighted by Crippen LogP contribution is 2.31. The minimum absolute atomic E-state index is 0.215.